The molecule has 0 saturated carbocycles. The van der Waals surface area contributed by atoms with Gasteiger partial charge in [-0.25, -0.2) is 0 Å². The van der Waals surface area contributed by atoms with Crippen molar-refractivity contribution in [3.8, 4) is 0 Å². The second-order valence-electron chi connectivity index (χ2n) is 7.77. The van der Waals surface area contributed by atoms with Gasteiger partial charge in [0.15, 0.2) is 0 Å². The van der Waals surface area contributed by atoms with Crippen LogP contribution in [0.2, 0.25) is 0 Å². The molecular formula is C22H35N5O9. The summed E-state index contributed by atoms with van der Waals surface area (Å²) in [7, 11) is 0. The lowest BCUT2D eigenvalue weighted by Crippen LogP contribution is -2.50. The summed E-state index contributed by atoms with van der Waals surface area (Å²) >= 11 is 0. The van der Waals surface area contributed by atoms with Crippen LogP contribution >= 0.6 is 0 Å². The quantitative estimate of drug-likeness (QED) is 0.105. The van der Waals surface area contributed by atoms with Crippen LogP contribution in [0.5, 0.6) is 0 Å². The number of hydrogen-bond donors (Lipinski definition) is 4. The summed E-state index contributed by atoms with van der Waals surface area (Å²) in [5.74, 6) is -2.69. The summed E-state index contributed by atoms with van der Waals surface area (Å²) in [6.07, 6.45) is 2.42. The van der Waals surface area contributed by atoms with Crippen molar-refractivity contribution < 1.29 is 43.0 Å². The molecule has 5 N–H and O–H groups in total. The van der Waals surface area contributed by atoms with Crippen molar-refractivity contribution in [3.63, 3.8) is 0 Å². The minimum Gasteiger partial charge on any atom is -0.379 e. The first-order valence-corrected chi connectivity index (χ1v) is 11.5. The highest BCUT2D eigenvalue weighted by molar-refractivity contribution is 6.13. The van der Waals surface area contributed by atoms with E-state index in [1.165, 1.54) is 26.0 Å². The molecule has 2 atom stereocenters. The molecule has 0 spiro atoms. The molecule has 1 rings (SSSR count). The van der Waals surface area contributed by atoms with Crippen molar-refractivity contribution >= 4 is 35.4 Å². The number of hydrogen-bond acceptors (Lipinski definition) is 9. The molecule has 1 heterocycles. The molecule has 0 radical (unpaired) electrons. The highest BCUT2D eigenvalue weighted by atomic mass is 16.5. The highest BCUT2D eigenvalue weighted by Crippen LogP contribution is 2.03. The Bertz CT molecular complexity index is 800. The molecule has 36 heavy (non-hydrogen) atoms. The van der Waals surface area contributed by atoms with Gasteiger partial charge < -0.3 is 35.9 Å². The van der Waals surface area contributed by atoms with Crippen LogP contribution in [0.15, 0.2) is 12.2 Å². The zero-order valence-corrected chi connectivity index (χ0v) is 20.6. The molecule has 0 aromatic heterocycles. The summed E-state index contributed by atoms with van der Waals surface area (Å²) in [6.45, 7) is 4.89. The Morgan fingerprint density at radius 2 is 1.36 bits per heavy atom. The predicted octanol–water partition coefficient (Wildman–Crippen LogP) is -2.65. The van der Waals surface area contributed by atoms with Crippen LogP contribution in [-0.2, 0) is 43.0 Å². The Morgan fingerprint density at radius 1 is 0.806 bits per heavy atom. The van der Waals surface area contributed by atoms with Gasteiger partial charge in [0.2, 0.25) is 23.6 Å². The van der Waals surface area contributed by atoms with E-state index in [0.29, 0.717) is 19.8 Å². The Balaban J connectivity index is 1.91. The Labute approximate surface area is 209 Å². The number of primary amides is 1. The van der Waals surface area contributed by atoms with Crippen LogP contribution in [0, 0.1) is 0 Å². The number of nitrogens with zero attached hydrogens (tertiary/aromatic N) is 1. The van der Waals surface area contributed by atoms with Crippen molar-refractivity contribution in [1.82, 2.24) is 20.9 Å². The van der Waals surface area contributed by atoms with E-state index in [1.54, 1.807) is 0 Å². The van der Waals surface area contributed by atoms with Crippen molar-refractivity contribution in [2.24, 2.45) is 5.73 Å². The average Bonchev–Trinajstić information content (AvgIpc) is 3.14. The topological polar surface area (TPSA) is 195 Å². The van der Waals surface area contributed by atoms with Gasteiger partial charge in [0.05, 0.1) is 39.6 Å². The monoisotopic (exact) mass is 513 g/mol. The lowest BCUT2D eigenvalue weighted by Gasteiger charge is -2.16. The molecule has 0 aromatic carbocycles. The number of nitrogens with two attached hydrogens (primary N) is 1. The summed E-state index contributed by atoms with van der Waals surface area (Å²) in [5, 5.41) is 7.52. The third kappa shape index (κ3) is 12.9. The van der Waals surface area contributed by atoms with Gasteiger partial charge in [0, 0.05) is 38.1 Å². The van der Waals surface area contributed by atoms with Crippen LogP contribution in [0.1, 0.15) is 26.7 Å². The third-order valence-electron chi connectivity index (χ3n) is 4.81. The summed E-state index contributed by atoms with van der Waals surface area (Å²) < 4.78 is 16.0. The number of carbonyl (C=O) groups excluding carboxylic acids is 6. The third-order valence-corrected chi connectivity index (χ3v) is 4.81. The van der Waals surface area contributed by atoms with Gasteiger partial charge in [-0.1, -0.05) is 0 Å². The van der Waals surface area contributed by atoms with Crippen molar-refractivity contribution in [2.45, 2.75) is 38.8 Å². The zero-order valence-electron chi connectivity index (χ0n) is 20.6. The van der Waals surface area contributed by atoms with E-state index in [9.17, 15) is 28.8 Å². The van der Waals surface area contributed by atoms with Crippen molar-refractivity contribution in [2.75, 3.05) is 52.7 Å². The second-order valence-corrected chi connectivity index (χ2v) is 7.77. The van der Waals surface area contributed by atoms with Gasteiger partial charge in [-0.05, 0) is 13.8 Å². The number of ether oxygens (including phenoxy) is 3. The largest absolute Gasteiger partial charge is 0.379 e. The Morgan fingerprint density at radius 3 is 1.94 bits per heavy atom. The summed E-state index contributed by atoms with van der Waals surface area (Å²) in [4.78, 5) is 70.1. The normalized spacial score (nSPS) is 14.4. The van der Waals surface area contributed by atoms with Crippen molar-refractivity contribution in [3.05, 3.63) is 12.2 Å². The minimum absolute atomic E-state index is 0.0223. The molecule has 14 nitrogen and oxygen atoms in total. The maximum atomic E-state index is 11.8. The average molecular weight is 514 g/mol. The number of imide groups is 1. The minimum atomic E-state index is -0.831. The fraction of sp³-hybridized carbons (Fsp3) is 0.636. The van der Waals surface area contributed by atoms with Gasteiger partial charge in [0.1, 0.15) is 12.1 Å². The first-order chi connectivity index (χ1) is 17.1. The molecule has 202 valence electrons. The number of nitrogens with one attached hydrogen (secondary N) is 3. The first-order valence-electron chi connectivity index (χ1n) is 11.5. The van der Waals surface area contributed by atoms with E-state index in [0.717, 1.165) is 4.90 Å². The molecular weight excluding hydrogens is 478 g/mol. The van der Waals surface area contributed by atoms with E-state index in [-0.39, 0.29) is 57.6 Å². The van der Waals surface area contributed by atoms with Crippen LogP contribution in [0.3, 0.4) is 0 Å². The second kappa shape index (κ2) is 17.1. The maximum Gasteiger partial charge on any atom is 0.253 e. The molecule has 1 unspecified atom stereocenters. The zero-order chi connectivity index (χ0) is 26.9. The van der Waals surface area contributed by atoms with E-state index >= 15 is 0 Å². The summed E-state index contributed by atoms with van der Waals surface area (Å²) in [5.41, 5.74) is 5.07. The van der Waals surface area contributed by atoms with Gasteiger partial charge in [-0.15, -0.1) is 0 Å². The molecule has 14 heteroatoms. The molecule has 0 saturated heterocycles. The van der Waals surface area contributed by atoms with Crippen LogP contribution in [0.4, 0.5) is 0 Å². The van der Waals surface area contributed by atoms with Crippen LogP contribution in [-0.4, -0.2) is 105 Å². The molecule has 1 aliphatic heterocycles. The first kappa shape index (κ1) is 30.7. The van der Waals surface area contributed by atoms with Crippen LogP contribution in [0.25, 0.3) is 0 Å². The molecule has 0 bridgehead atoms. The number of rotatable bonds is 19. The van der Waals surface area contributed by atoms with E-state index in [2.05, 4.69) is 16.0 Å². The SMILES string of the molecule is CC(NC(=O)[C@@H](C)NC(=O)CCOCCOCCOCCNC(=O)CCN1C(=O)C=CC1=O)C(N)=O. The lowest BCUT2D eigenvalue weighted by atomic mass is 10.2. The van der Waals surface area contributed by atoms with Gasteiger partial charge in [0.25, 0.3) is 11.8 Å². The smallest absolute Gasteiger partial charge is 0.253 e. The molecule has 1 aliphatic rings. The molecule has 0 aromatic rings. The standard InChI is InChI=1S/C22H35N5O9/c1-15(21(23)32)26-22(33)16(2)25-18(29)6-9-34-11-13-36-14-12-35-10-7-24-17(28)5-8-27-19(30)3-4-20(27)31/h3-4,15-16H,5-14H2,1-2H3,(H2,23,32)(H,24,28)(H,25,29)(H,26,33)/t15?,16-/m1/s1. The fourth-order valence-corrected chi connectivity index (χ4v) is 2.71. The van der Waals surface area contributed by atoms with Gasteiger partial charge >= 0.3 is 0 Å². The maximum absolute atomic E-state index is 11.8. The molecule has 6 amide bonds. The Kier molecular flexibility index (Phi) is 14.6. The van der Waals surface area contributed by atoms with E-state index in [1.807, 2.05) is 0 Å². The number of carbonyl (C=O) groups is 6. The highest BCUT2D eigenvalue weighted by Gasteiger charge is 2.23. The molecule has 0 fully saturated rings. The van der Waals surface area contributed by atoms with Gasteiger partial charge in [-0.3, -0.25) is 33.7 Å². The van der Waals surface area contributed by atoms with Gasteiger partial charge in [-0.2, -0.15) is 0 Å². The Hall–Kier alpha value is -3.36. The number of amides is 6. The van der Waals surface area contributed by atoms with E-state index in [4.69, 9.17) is 19.9 Å². The fourth-order valence-electron chi connectivity index (χ4n) is 2.71. The summed E-state index contributed by atoms with van der Waals surface area (Å²) in [6, 6.07) is -1.65. The van der Waals surface area contributed by atoms with Crippen molar-refractivity contribution in [1.29, 1.82) is 0 Å². The predicted molar refractivity (Wildman–Crippen MR) is 125 cm³/mol. The van der Waals surface area contributed by atoms with E-state index < -0.39 is 35.7 Å². The lowest BCUT2D eigenvalue weighted by molar-refractivity contribution is -0.137. The molecule has 0 aliphatic carbocycles. The van der Waals surface area contributed by atoms with Crippen LogP contribution < -0.4 is 21.7 Å².